The first-order valence-electron chi connectivity index (χ1n) is 9.53. The molecule has 0 radical (unpaired) electrons. The molecule has 3 N–H and O–H groups in total. The van der Waals surface area contributed by atoms with Crippen LogP contribution in [-0.2, 0) is 9.59 Å². The molecule has 2 aromatic rings. The molecular weight excluding hydrogens is 368 g/mol. The summed E-state index contributed by atoms with van der Waals surface area (Å²) in [6.45, 7) is 6.08. The molecule has 2 rings (SSSR count). The SMILES string of the molecule is CCNC(=O)NC(=O)[C@H](c1ccccc1)N(C)CC(=O)Nc1cccc(C)c1C. The summed E-state index contributed by atoms with van der Waals surface area (Å²) >= 11 is 0. The van der Waals surface area contributed by atoms with Gasteiger partial charge in [-0.2, -0.15) is 0 Å². The predicted molar refractivity (Wildman–Crippen MR) is 114 cm³/mol. The lowest BCUT2D eigenvalue weighted by molar-refractivity contribution is -0.126. The van der Waals surface area contributed by atoms with Crippen LogP contribution in [-0.4, -0.2) is 42.9 Å². The van der Waals surface area contributed by atoms with Crippen LogP contribution < -0.4 is 16.0 Å². The maximum atomic E-state index is 12.8. The number of amides is 4. The number of nitrogens with zero attached hydrogens (tertiary/aromatic N) is 1. The van der Waals surface area contributed by atoms with Crippen LogP contribution in [0.4, 0.5) is 10.5 Å². The maximum Gasteiger partial charge on any atom is 0.321 e. The summed E-state index contributed by atoms with van der Waals surface area (Å²) in [6, 6.07) is 13.4. The Kier molecular flexibility index (Phi) is 7.91. The minimum absolute atomic E-state index is 0.0181. The average Bonchev–Trinajstić information content (AvgIpc) is 2.66. The first-order valence-corrected chi connectivity index (χ1v) is 9.53. The van der Waals surface area contributed by atoms with Gasteiger partial charge >= 0.3 is 6.03 Å². The number of benzene rings is 2. The molecule has 0 aliphatic rings. The summed E-state index contributed by atoms with van der Waals surface area (Å²) in [6.07, 6.45) is 0. The quantitative estimate of drug-likeness (QED) is 0.671. The van der Waals surface area contributed by atoms with Gasteiger partial charge in [-0.3, -0.25) is 19.8 Å². The Balaban J connectivity index is 2.15. The van der Waals surface area contributed by atoms with Gasteiger partial charge in [-0.25, -0.2) is 4.79 Å². The fourth-order valence-electron chi connectivity index (χ4n) is 3.02. The molecule has 0 saturated heterocycles. The summed E-state index contributed by atoms with van der Waals surface area (Å²) in [5, 5.41) is 7.77. The number of carbonyl (C=O) groups excluding carboxylic acids is 3. The number of nitrogens with one attached hydrogen (secondary N) is 3. The monoisotopic (exact) mass is 396 g/mol. The number of aryl methyl sites for hydroxylation is 1. The highest BCUT2D eigenvalue weighted by Crippen LogP contribution is 2.21. The summed E-state index contributed by atoms with van der Waals surface area (Å²) in [5.74, 6) is -0.739. The summed E-state index contributed by atoms with van der Waals surface area (Å²) < 4.78 is 0. The minimum atomic E-state index is -0.789. The van der Waals surface area contributed by atoms with E-state index in [1.54, 1.807) is 31.0 Å². The number of imide groups is 1. The Morgan fingerprint density at radius 1 is 1.00 bits per heavy atom. The van der Waals surface area contributed by atoms with Crippen molar-refractivity contribution in [1.29, 1.82) is 0 Å². The summed E-state index contributed by atoms with van der Waals surface area (Å²) in [4.78, 5) is 38.8. The standard InChI is InChI=1S/C22H28N4O3/c1-5-23-22(29)25-21(28)20(17-11-7-6-8-12-17)26(4)14-19(27)24-18-13-9-10-15(2)16(18)3/h6-13,20H,5,14H2,1-4H3,(H,24,27)(H2,23,25,28,29)/t20-/m0/s1. The molecule has 7 nitrogen and oxygen atoms in total. The Morgan fingerprint density at radius 2 is 1.69 bits per heavy atom. The molecule has 0 aromatic heterocycles. The van der Waals surface area contributed by atoms with Crippen molar-refractivity contribution in [3.63, 3.8) is 0 Å². The first kappa shape index (κ1) is 22.1. The van der Waals surface area contributed by atoms with Crippen molar-refractivity contribution in [2.75, 3.05) is 25.5 Å². The fourth-order valence-corrected chi connectivity index (χ4v) is 3.02. The van der Waals surface area contributed by atoms with Crippen molar-refractivity contribution in [3.05, 3.63) is 65.2 Å². The fraction of sp³-hybridized carbons (Fsp3) is 0.318. The van der Waals surface area contributed by atoms with Crippen molar-refractivity contribution >= 4 is 23.5 Å². The first-order chi connectivity index (χ1) is 13.8. The normalized spacial score (nSPS) is 11.6. The maximum absolute atomic E-state index is 12.8. The van der Waals surface area contributed by atoms with Crippen LogP contribution in [0.15, 0.2) is 48.5 Å². The van der Waals surface area contributed by atoms with Crippen LogP contribution in [0.3, 0.4) is 0 Å². The van der Waals surface area contributed by atoms with E-state index in [4.69, 9.17) is 0 Å². The molecule has 0 bridgehead atoms. The lowest BCUT2D eigenvalue weighted by Gasteiger charge is -2.27. The Morgan fingerprint density at radius 3 is 2.34 bits per heavy atom. The zero-order valence-corrected chi connectivity index (χ0v) is 17.3. The van der Waals surface area contributed by atoms with Crippen LogP contribution in [0.2, 0.25) is 0 Å². The predicted octanol–water partition coefficient (Wildman–Crippen LogP) is 2.76. The molecule has 29 heavy (non-hydrogen) atoms. The zero-order chi connectivity index (χ0) is 21.4. The number of hydrogen-bond donors (Lipinski definition) is 3. The highest BCUT2D eigenvalue weighted by molar-refractivity contribution is 5.98. The van der Waals surface area contributed by atoms with Gasteiger partial charge in [0, 0.05) is 12.2 Å². The van der Waals surface area contributed by atoms with Crippen LogP contribution in [0, 0.1) is 13.8 Å². The van der Waals surface area contributed by atoms with E-state index in [0.29, 0.717) is 12.1 Å². The summed E-state index contributed by atoms with van der Waals surface area (Å²) in [7, 11) is 1.68. The van der Waals surface area contributed by atoms with Crippen molar-refractivity contribution < 1.29 is 14.4 Å². The molecule has 1 atom stereocenters. The van der Waals surface area contributed by atoms with Crippen molar-refractivity contribution in [2.24, 2.45) is 0 Å². The lowest BCUT2D eigenvalue weighted by Crippen LogP contribution is -2.46. The third-order valence-electron chi connectivity index (χ3n) is 4.65. The van der Waals surface area contributed by atoms with E-state index in [1.165, 1.54) is 0 Å². The topological polar surface area (TPSA) is 90.5 Å². The van der Waals surface area contributed by atoms with E-state index in [1.807, 2.05) is 50.2 Å². The third kappa shape index (κ3) is 6.15. The number of rotatable bonds is 7. The second-order valence-electron chi connectivity index (χ2n) is 6.87. The number of hydrogen-bond acceptors (Lipinski definition) is 4. The molecule has 0 spiro atoms. The van der Waals surface area contributed by atoms with Crippen molar-refractivity contribution in [1.82, 2.24) is 15.5 Å². The second-order valence-corrected chi connectivity index (χ2v) is 6.87. The number of anilines is 1. The van der Waals surface area contributed by atoms with Crippen LogP contribution >= 0.6 is 0 Å². The minimum Gasteiger partial charge on any atom is -0.338 e. The van der Waals surface area contributed by atoms with Gasteiger partial charge in [-0.1, -0.05) is 42.5 Å². The molecule has 4 amide bonds. The molecule has 7 heteroatoms. The van der Waals surface area contributed by atoms with E-state index >= 15 is 0 Å². The van der Waals surface area contributed by atoms with E-state index < -0.39 is 18.0 Å². The van der Waals surface area contributed by atoms with Gasteiger partial charge < -0.3 is 10.6 Å². The summed E-state index contributed by atoms with van der Waals surface area (Å²) in [5.41, 5.74) is 3.51. The van der Waals surface area contributed by atoms with E-state index in [-0.39, 0.29) is 12.5 Å². The Labute approximate surface area is 171 Å². The molecule has 0 unspecified atom stereocenters. The number of likely N-dealkylation sites (N-methyl/N-ethyl adjacent to an activating group) is 1. The smallest absolute Gasteiger partial charge is 0.321 e. The highest BCUT2D eigenvalue weighted by atomic mass is 16.2. The van der Waals surface area contributed by atoms with Gasteiger partial charge in [0.15, 0.2) is 0 Å². The van der Waals surface area contributed by atoms with Crippen LogP contribution in [0.25, 0.3) is 0 Å². The molecule has 0 aliphatic carbocycles. The molecule has 0 saturated carbocycles. The lowest BCUT2D eigenvalue weighted by atomic mass is 10.0. The largest absolute Gasteiger partial charge is 0.338 e. The van der Waals surface area contributed by atoms with Crippen LogP contribution in [0.1, 0.15) is 29.7 Å². The van der Waals surface area contributed by atoms with Gasteiger partial charge in [0.05, 0.1) is 6.54 Å². The van der Waals surface area contributed by atoms with Crippen molar-refractivity contribution in [2.45, 2.75) is 26.8 Å². The second kappa shape index (κ2) is 10.4. The molecule has 2 aromatic carbocycles. The molecule has 0 fully saturated rings. The van der Waals surface area contributed by atoms with Gasteiger partial charge in [-0.05, 0) is 50.6 Å². The Hall–Kier alpha value is -3.19. The highest BCUT2D eigenvalue weighted by Gasteiger charge is 2.27. The molecular formula is C22H28N4O3. The third-order valence-corrected chi connectivity index (χ3v) is 4.65. The molecule has 0 heterocycles. The van der Waals surface area contributed by atoms with E-state index in [2.05, 4.69) is 16.0 Å². The van der Waals surface area contributed by atoms with Gasteiger partial charge in [-0.15, -0.1) is 0 Å². The Bertz CT molecular complexity index is 868. The van der Waals surface area contributed by atoms with E-state index in [0.717, 1.165) is 16.8 Å². The van der Waals surface area contributed by atoms with Gasteiger partial charge in [0.2, 0.25) is 11.8 Å². The van der Waals surface area contributed by atoms with Gasteiger partial charge in [0.25, 0.3) is 0 Å². The number of carbonyl (C=O) groups is 3. The van der Waals surface area contributed by atoms with Crippen LogP contribution in [0.5, 0.6) is 0 Å². The average molecular weight is 396 g/mol. The van der Waals surface area contributed by atoms with Crippen molar-refractivity contribution in [3.8, 4) is 0 Å². The van der Waals surface area contributed by atoms with E-state index in [9.17, 15) is 14.4 Å². The number of urea groups is 1. The molecule has 0 aliphatic heterocycles. The zero-order valence-electron chi connectivity index (χ0n) is 17.3. The van der Waals surface area contributed by atoms with Gasteiger partial charge in [0.1, 0.15) is 6.04 Å². The molecule has 154 valence electrons.